The van der Waals surface area contributed by atoms with Crippen LogP contribution in [0.15, 0.2) is 72.9 Å². The number of nitrogens with zero attached hydrogens (tertiary/aromatic N) is 2. The number of phenols is 2. The van der Waals surface area contributed by atoms with Gasteiger partial charge in [-0.15, -0.1) is 0 Å². The minimum atomic E-state index is -0.699. The molecule has 10 nitrogen and oxygen atoms in total. The van der Waals surface area contributed by atoms with E-state index in [1.165, 1.54) is 6.07 Å². The lowest BCUT2D eigenvalue weighted by molar-refractivity contribution is 0.0888. The molecule has 2 heterocycles. The normalized spacial score (nSPS) is 18.3. The summed E-state index contributed by atoms with van der Waals surface area (Å²) in [5, 5.41) is 27.7. The Hall–Kier alpha value is -5.00. The van der Waals surface area contributed by atoms with E-state index in [2.05, 4.69) is 20.5 Å². The van der Waals surface area contributed by atoms with Crippen molar-refractivity contribution in [1.29, 1.82) is 0 Å². The molecule has 0 radical (unpaired) electrons. The van der Waals surface area contributed by atoms with Crippen molar-refractivity contribution in [2.24, 2.45) is 0 Å². The van der Waals surface area contributed by atoms with Gasteiger partial charge >= 0.3 is 0 Å². The summed E-state index contributed by atoms with van der Waals surface area (Å²) in [5.41, 5.74) is 3.03. The van der Waals surface area contributed by atoms with Crippen LogP contribution in [0.25, 0.3) is 11.1 Å². The Morgan fingerprint density at radius 3 is 2.37 bits per heavy atom. The van der Waals surface area contributed by atoms with E-state index in [0.29, 0.717) is 63.1 Å². The summed E-state index contributed by atoms with van der Waals surface area (Å²) < 4.78 is 26.5. The molecule has 49 heavy (non-hydrogen) atoms. The number of halogens is 1. The SMILES string of the molecule is Cc1ccc(O)c(C(=O)NC2CCC(NC(=O)c3cc(F)cnc3Oc3c(CN4CCCOCC4)ccc(-c4ccccc4)c3O)CC2)c1. The van der Waals surface area contributed by atoms with Gasteiger partial charge in [0.05, 0.1) is 18.4 Å². The number of carbonyl (C=O) groups excluding carboxylic acids is 2. The molecule has 1 aliphatic heterocycles. The predicted molar refractivity (Wildman–Crippen MR) is 182 cm³/mol. The molecule has 11 heteroatoms. The van der Waals surface area contributed by atoms with Crippen molar-refractivity contribution in [3.05, 3.63) is 101 Å². The number of carbonyl (C=O) groups is 2. The molecule has 0 atom stereocenters. The van der Waals surface area contributed by atoms with Crippen LogP contribution < -0.4 is 15.4 Å². The minimum Gasteiger partial charge on any atom is -0.507 e. The van der Waals surface area contributed by atoms with Crippen molar-refractivity contribution >= 4 is 11.8 Å². The monoisotopic (exact) mass is 668 g/mol. The van der Waals surface area contributed by atoms with Gasteiger partial charge in [0, 0.05) is 49.5 Å². The van der Waals surface area contributed by atoms with Crippen LogP contribution in [-0.2, 0) is 11.3 Å². The van der Waals surface area contributed by atoms with E-state index in [1.807, 2.05) is 49.4 Å². The summed E-state index contributed by atoms with van der Waals surface area (Å²) >= 11 is 0. The Bertz CT molecular complexity index is 1790. The average molecular weight is 669 g/mol. The van der Waals surface area contributed by atoms with E-state index in [1.54, 1.807) is 12.1 Å². The molecule has 4 N–H and O–H groups in total. The van der Waals surface area contributed by atoms with E-state index in [9.17, 15) is 24.2 Å². The molecule has 4 aromatic rings. The van der Waals surface area contributed by atoms with Crippen LogP contribution in [0.1, 0.15) is 63.9 Å². The van der Waals surface area contributed by atoms with E-state index in [0.717, 1.165) is 36.4 Å². The molecule has 1 aliphatic carbocycles. The van der Waals surface area contributed by atoms with Crippen molar-refractivity contribution in [1.82, 2.24) is 20.5 Å². The van der Waals surface area contributed by atoms with Gasteiger partial charge in [-0.1, -0.05) is 54.1 Å². The summed E-state index contributed by atoms with van der Waals surface area (Å²) in [4.78, 5) is 32.8. The fraction of sp³-hybridized carbons (Fsp3) is 0.342. The predicted octanol–water partition coefficient (Wildman–Crippen LogP) is 6.09. The summed E-state index contributed by atoms with van der Waals surface area (Å²) in [6.07, 6.45) is 4.24. The smallest absolute Gasteiger partial charge is 0.257 e. The second-order valence-corrected chi connectivity index (χ2v) is 12.7. The third-order valence-electron chi connectivity index (χ3n) is 9.06. The van der Waals surface area contributed by atoms with Gasteiger partial charge in [-0.3, -0.25) is 14.5 Å². The highest BCUT2D eigenvalue weighted by Gasteiger charge is 2.28. The van der Waals surface area contributed by atoms with Crippen LogP contribution in [0.2, 0.25) is 0 Å². The lowest BCUT2D eigenvalue weighted by atomic mass is 9.90. The van der Waals surface area contributed by atoms with Crippen LogP contribution in [0.3, 0.4) is 0 Å². The third kappa shape index (κ3) is 8.36. The summed E-state index contributed by atoms with van der Waals surface area (Å²) in [7, 11) is 0. The molecule has 2 amide bonds. The molecule has 1 aromatic heterocycles. The number of ether oxygens (including phenoxy) is 2. The van der Waals surface area contributed by atoms with Gasteiger partial charge in [-0.05, 0) is 62.8 Å². The first kappa shape index (κ1) is 33.9. The standard InChI is InChI=1S/C38H41FN4O6/c1-24-8-15-33(44)31(20-24)36(46)41-28-10-12-29(13-11-28)42-37(47)32-21-27(39)22-40-38(32)49-35-26(23-43-16-5-18-48-19-17-43)9-14-30(34(35)45)25-6-3-2-4-7-25/h2-4,6-9,14-15,20-22,28-29,44-45H,5,10-13,16-19,23H2,1H3,(H,41,46)(H,42,47). The molecule has 6 rings (SSSR count). The van der Waals surface area contributed by atoms with Crippen LogP contribution in [0.4, 0.5) is 4.39 Å². The number of benzene rings is 3. The summed E-state index contributed by atoms with van der Waals surface area (Å²) in [5.74, 6) is -1.75. The van der Waals surface area contributed by atoms with Gasteiger partial charge in [0.1, 0.15) is 17.1 Å². The first-order valence-corrected chi connectivity index (χ1v) is 16.7. The zero-order valence-corrected chi connectivity index (χ0v) is 27.5. The van der Waals surface area contributed by atoms with Crippen LogP contribution in [0, 0.1) is 12.7 Å². The maximum Gasteiger partial charge on any atom is 0.257 e. The van der Waals surface area contributed by atoms with Gasteiger partial charge in [0.15, 0.2) is 11.5 Å². The number of hydrogen-bond acceptors (Lipinski definition) is 8. The molecular weight excluding hydrogens is 627 g/mol. The quantitative estimate of drug-likeness (QED) is 0.168. The number of pyridine rings is 1. The second-order valence-electron chi connectivity index (χ2n) is 12.7. The van der Waals surface area contributed by atoms with Gasteiger partial charge in [0.2, 0.25) is 5.88 Å². The first-order valence-electron chi connectivity index (χ1n) is 16.7. The Balaban J connectivity index is 1.18. The second kappa shape index (κ2) is 15.5. The number of aromatic nitrogens is 1. The maximum absolute atomic E-state index is 14.6. The van der Waals surface area contributed by atoms with E-state index >= 15 is 0 Å². The minimum absolute atomic E-state index is 0.0745. The molecule has 2 fully saturated rings. The lowest BCUT2D eigenvalue weighted by Crippen LogP contribution is -2.44. The Kier molecular flexibility index (Phi) is 10.7. The first-order chi connectivity index (χ1) is 23.7. The molecule has 1 saturated heterocycles. The molecule has 1 saturated carbocycles. The zero-order chi connectivity index (χ0) is 34.3. The number of aromatic hydroxyl groups is 2. The molecule has 3 aromatic carbocycles. The Labute approximate surface area is 284 Å². The van der Waals surface area contributed by atoms with E-state index in [4.69, 9.17) is 9.47 Å². The average Bonchev–Trinajstić information content (AvgIpc) is 3.38. The summed E-state index contributed by atoms with van der Waals surface area (Å²) in [6, 6.07) is 18.8. The highest BCUT2D eigenvalue weighted by molar-refractivity contribution is 5.97. The molecular formula is C38H41FN4O6. The number of aryl methyl sites for hydroxylation is 1. The van der Waals surface area contributed by atoms with Crippen molar-refractivity contribution < 1.29 is 33.7 Å². The van der Waals surface area contributed by atoms with Gasteiger partial charge < -0.3 is 30.3 Å². The lowest BCUT2D eigenvalue weighted by Gasteiger charge is -2.30. The number of rotatable bonds is 9. The van der Waals surface area contributed by atoms with Crippen molar-refractivity contribution in [2.45, 2.75) is 57.7 Å². The van der Waals surface area contributed by atoms with Gasteiger partial charge in [-0.2, -0.15) is 0 Å². The number of nitrogens with one attached hydrogen (secondary N) is 2. The number of amides is 2. The van der Waals surface area contributed by atoms with Gasteiger partial charge in [-0.25, -0.2) is 9.37 Å². The Morgan fingerprint density at radius 2 is 1.63 bits per heavy atom. The highest BCUT2D eigenvalue weighted by atomic mass is 19.1. The van der Waals surface area contributed by atoms with E-state index < -0.39 is 11.7 Å². The van der Waals surface area contributed by atoms with Crippen LogP contribution in [-0.4, -0.2) is 70.3 Å². The van der Waals surface area contributed by atoms with E-state index in [-0.39, 0.29) is 52.2 Å². The van der Waals surface area contributed by atoms with Crippen molar-refractivity contribution in [3.8, 4) is 34.3 Å². The molecule has 0 bridgehead atoms. The maximum atomic E-state index is 14.6. The molecule has 0 unspecified atom stereocenters. The van der Waals surface area contributed by atoms with Crippen molar-refractivity contribution in [2.75, 3.05) is 26.3 Å². The van der Waals surface area contributed by atoms with Crippen LogP contribution in [0.5, 0.6) is 23.1 Å². The summed E-state index contributed by atoms with van der Waals surface area (Å²) in [6.45, 7) is 5.12. The fourth-order valence-corrected chi connectivity index (χ4v) is 6.41. The molecule has 256 valence electrons. The van der Waals surface area contributed by atoms with Crippen LogP contribution >= 0.6 is 0 Å². The Morgan fingerprint density at radius 1 is 0.918 bits per heavy atom. The number of phenolic OH excluding ortho intramolecular Hbond substituents is 2. The zero-order valence-electron chi connectivity index (χ0n) is 27.5. The molecule has 0 spiro atoms. The number of hydrogen-bond donors (Lipinski definition) is 4. The third-order valence-corrected chi connectivity index (χ3v) is 9.06. The fourth-order valence-electron chi connectivity index (χ4n) is 6.41. The largest absolute Gasteiger partial charge is 0.507 e. The molecule has 2 aliphatic rings. The topological polar surface area (TPSA) is 133 Å². The van der Waals surface area contributed by atoms with Gasteiger partial charge in [0.25, 0.3) is 11.8 Å². The van der Waals surface area contributed by atoms with Crippen molar-refractivity contribution in [3.63, 3.8) is 0 Å². The highest BCUT2D eigenvalue weighted by Crippen LogP contribution is 2.43.